The Morgan fingerprint density at radius 3 is 2.47 bits per heavy atom. The lowest BCUT2D eigenvalue weighted by molar-refractivity contribution is -0.138. The van der Waals surface area contributed by atoms with Crippen molar-refractivity contribution in [3.05, 3.63) is 66.0 Å². The number of rotatable bonds is 4. The first-order valence-corrected chi connectivity index (χ1v) is 11.3. The van der Waals surface area contributed by atoms with Gasteiger partial charge in [0.05, 0.1) is 6.04 Å². The number of amides is 1. The molecule has 0 aliphatic carbocycles. The summed E-state index contributed by atoms with van der Waals surface area (Å²) in [5.74, 6) is 1.67. The summed E-state index contributed by atoms with van der Waals surface area (Å²) in [7, 11) is 2.16. The molecular weight excluding hydrogens is 372 g/mol. The minimum Gasteiger partial charge on any atom is -0.335 e. The van der Waals surface area contributed by atoms with Crippen LogP contribution in [0.25, 0.3) is 0 Å². The molecule has 0 saturated carbocycles. The summed E-state index contributed by atoms with van der Waals surface area (Å²) in [6, 6.07) is 15.2. The Labute approximate surface area is 179 Å². The van der Waals surface area contributed by atoms with Crippen molar-refractivity contribution < 1.29 is 4.79 Å². The lowest BCUT2D eigenvalue weighted by Crippen LogP contribution is -2.43. The Balaban J connectivity index is 1.35. The summed E-state index contributed by atoms with van der Waals surface area (Å²) < 4.78 is 0. The zero-order valence-electron chi connectivity index (χ0n) is 17.9. The quantitative estimate of drug-likeness (QED) is 0.785. The van der Waals surface area contributed by atoms with Crippen molar-refractivity contribution in [3.8, 4) is 0 Å². The fourth-order valence-electron chi connectivity index (χ4n) is 5.81. The molecule has 4 heterocycles. The van der Waals surface area contributed by atoms with Gasteiger partial charge in [-0.25, -0.2) is 0 Å². The molecule has 1 aromatic carbocycles. The molecule has 5 nitrogen and oxygen atoms in total. The van der Waals surface area contributed by atoms with Gasteiger partial charge in [0, 0.05) is 50.4 Å². The molecule has 1 aromatic heterocycles. The van der Waals surface area contributed by atoms with Gasteiger partial charge in [-0.3, -0.25) is 14.7 Å². The number of carbonyl (C=O) groups excluding carboxylic acids is 1. The Bertz CT molecular complexity index is 850. The van der Waals surface area contributed by atoms with Gasteiger partial charge in [0.1, 0.15) is 0 Å². The second kappa shape index (κ2) is 8.48. The summed E-state index contributed by atoms with van der Waals surface area (Å²) in [5.41, 5.74) is 2.62. The molecule has 3 aliphatic heterocycles. The molecule has 3 atom stereocenters. The maximum atomic E-state index is 13.6. The molecule has 3 fully saturated rings. The number of pyridine rings is 1. The van der Waals surface area contributed by atoms with Crippen molar-refractivity contribution >= 4 is 5.91 Å². The molecule has 0 spiro atoms. The zero-order chi connectivity index (χ0) is 20.5. The second-order valence-electron chi connectivity index (χ2n) is 9.40. The van der Waals surface area contributed by atoms with E-state index in [1.165, 1.54) is 11.1 Å². The number of hydrogen-bond donors (Lipinski definition) is 0. The van der Waals surface area contributed by atoms with Crippen molar-refractivity contribution in [2.24, 2.45) is 17.8 Å². The highest BCUT2D eigenvalue weighted by molar-refractivity contribution is 5.80. The van der Waals surface area contributed by atoms with Crippen LogP contribution >= 0.6 is 0 Å². The second-order valence-corrected chi connectivity index (χ2v) is 9.40. The average molecular weight is 405 g/mol. The van der Waals surface area contributed by atoms with E-state index < -0.39 is 0 Å². The molecule has 3 aliphatic rings. The first-order chi connectivity index (χ1) is 14.7. The molecule has 1 amide bonds. The number of piperidine rings is 1. The number of aromatic nitrogens is 1. The van der Waals surface area contributed by atoms with Crippen LogP contribution in [0.3, 0.4) is 0 Å². The maximum absolute atomic E-state index is 13.6. The van der Waals surface area contributed by atoms with Crippen LogP contribution in [0.15, 0.2) is 54.9 Å². The van der Waals surface area contributed by atoms with Gasteiger partial charge in [-0.2, -0.15) is 0 Å². The van der Waals surface area contributed by atoms with Crippen molar-refractivity contribution in [1.82, 2.24) is 19.7 Å². The van der Waals surface area contributed by atoms with Crippen molar-refractivity contribution in [3.63, 3.8) is 0 Å². The van der Waals surface area contributed by atoms with Gasteiger partial charge in [0.2, 0.25) is 5.91 Å². The van der Waals surface area contributed by atoms with Crippen LogP contribution in [0.4, 0.5) is 0 Å². The Morgan fingerprint density at radius 1 is 1.00 bits per heavy atom. The fourth-order valence-corrected chi connectivity index (χ4v) is 5.81. The zero-order valence-corrected chi connectivity index (χ0v) is 17.9. The molecule has 0 unspecified atom stereocenters. The Hall–Kier alpha value is -2.24. The molecule has 0 radical (unpaired) electrons. The SMILES string of the molecule is CN1CCC(C(=O)N2C[C@@H]3CN(Cc4ccncc4)C[C@@H]3[C@H]2c2ccccc2)CC1. The standard InChI is InChI=1S/C25H32N4O/c1-27-13-9-21(10-14-27)25(30)29-17-22-16-28(15-19-7-11-26-12-8-19)18-23(22)24(29)20-5-3-2-4-6-20/h2-8,11-12,21-24H,9-10,13-18H2,1H3/t22-,23-,24+/m0/s1. The van der Waals surface area contributed by atoms with Crippen molar-refractivity contribution in [2.75, 3.05) is 39.8 Å². The lowest BCUT2D eigenvalue weighted by atomic mass is 9.89. The van der Waals surface area contributed by atoms with E-state index in [4.69, 9.17) is 0 Å². The van der Waals surface area contributed by atoms with Crippen LogP contribution in [0.2, 0.25) is 0 Å². The third-order valence-corrected chi connectivity index (χ3v) is 7.39. The number of benzene rings is 1. The molecule has 3 saturated heterocycles. The highest BCUT2D eigenvalue weighted by Crippen LogP contribution is 2.46. The van der Waals surface area contributed by atoms with Crippen molar-refractivity contribution in [2.45, 2.75) is 25.4 Å². The monoisotopic (exact) mass is 404 g/mol. The van der Waals surface area contributed by atoms with Crippen LogP contribution in [0, 0.1) is 17.8 Å². The summed E-state index contributed by atoms with van der Waals surface area (Å²) in [4.78, 5) is 24.9. The molecule has 158 valence electrons. The molecular formula is C25H32N4O. The van der Waals surface area contributed by atoms with E-state index in [2.05, 4.69) is 69.2 Å². The van der Waals surface area contributed by atoms with Crippen LogP contribution in [0.5, 0.6) is 0 Å². The van der Waals surface area contributed by atoms with Crippen LogP contribution in [-0.2, 0) is 11.3 Å². The average Bonchev–Trinajstić information content (AvgIpc) is 3.32. The normalized spacial score (nSPS) is 28.0. The molecule has 30 heavy (non-hydrogen) atoms. The van der Waals surface area contributed by atoms with E-state index in [1.54, 1.807) is 0 Å². The van der Waals surface area contributed by atoms with E-state index in [1.807, 2.05) is 12.4 Å². The third-order valence-electron chi connectivity index (χ3n) is 7.39. The number of carbonyl (C=O) groups is 1. The van der Waals surface area contributed by atoms with E-state index in [-0.39, 0.29) is 12.0 Å². The van der Waals surface area contributed by atoms with Gasteiger partial charge in [0.25, 0.3) is 0 Å². The summed E-state index contributed by atoms with van der Waals surface area (Å²) in [6.45, 7) is 6.08. The number of likely N-dealkylation sites (tertiary alicyclic amines) is 3. The summed E-state index contributed by atoms with van der Waals surface area (Å²) in [5, 5.41) is 0. The van der Waals surface area contributed by atoms with Crippen LogP contribution in [-0.4, -0.2) is 65.4 Å². The highest BCUT2D eigenvalue weighted by atomic mass is 16.2. The van der Waals surface area contributed by atoms with E-state index in [9.17, 15) is 4.79 Å². The minimum atomic E-state index is 0.194. The predicted octanol–water partition coefficient (Wildman–Crippen LogP) is 3.05. The first kappa shape index (κ1) is 19.7. The van der Waals surface area contributed by atoms with Crippen molar-refractivity contribution in [1.29, 1.82) is 0 Å². The molecule has 5 rings (SSSR count). The molecule has 2 aromatic rings. The van der Waals surface area contributed by atoms with Gasteiger partial charge >= 0.3 is 0 Å². The van der Waals surface area contributed by atoms with Gasteiger partial charge in [0.15, 0.2) is 0 Å². The van der Waals surface area contributed by atoms with E-state index >= 15 is 0 Å². The Kier molecular flexibility index (Phi) is 5.57. The molecule has 0 bridgehead atoms. The lowest BCUT2D eigenvalue weighted by Gasteiger charge is -2.35. The molecule has 5 heteroatoms. The Morgan fingerprint density at radius 2 is 1.73 bits per heavy atom. The predicted molar refractivity (Wildman–Crippen MR) is 118 cm³/mol. The van der Waals surface area contributed by atoms with E-state index in [0.717, 1.165) is 52.1 Å². The van der Waals surface area contributed by atoms with E-state index in [0.29, 0.717) is 17.7 Å². The summed E-state index contributed by atoms with van der Waals surface area (Å²) >= 11 is 0. The smallest absolute Gasteiger partial charge is 0.226 e. The number of hydrogen-bond acceptors (Lipinski definition) is 4. The van der Waals surface area contributed by atoms with Gasteiger partial charge in [-0.1, -0.05) is 30.3 Å². The highest BCUT2D eigenvalue weighted by Gasteiger charge is 2.49. The first-order valence-electron chi connectivity index (χ1n) is 11.3. The van der Waals surface area contributed by atoms with Gasteiger partial charge in [-0.05, 0) is 62.2 Å². The topological polar surface area (TPSA) is 39.7 Å². The number of nitrogens with zero attached hydrogens (tertiary/aromatic N) is 4. The van der Waals surface area contributed by atoms with Crippen LogP contribution < -0.4 is 0 Å². The minimum absolute atomic E-state index is 0.194. The van der Waals surface area contributed by atoms with Gasteiger partial charge in [-0.15, -0.1) is 0 Å². The van der Waals surface area contributed by atoms with Gasteiger partial charge < -0.3 is 9.80 Å². The maximum Gasteiger partial charge on any atom is 0.226 e. The fraction of sp³-hybridized carbons (Fsp3) is 0.520. The summed E-state index contributed by atoms with van der Waals surface area (Å²) in [6.07, 6.45) is 5.75. The van der Waals surface area contributed by atoms with Crippen LogP contribution in [0.1, 0.15) is 30.0 Å². The number of fused-ring (bicyclic) bond motifs is 1. The molecule has 0 N–H and O–H groups in total. The third kappa shape index (κ3) is 3.88. The largest absolute Gasteiger partial charge is 0.335 e.